The number of halogens is 2. The number of rotatable bonds is 8. The molecular formula is C23H22Cl2N2O4S. The second kappa shape index (κ2) is 10.3. The highest BCUT2D eigenvalue weighted by Crippen LogP contribution is 2.35. The van der Waals surface area contributed by atoms with E-state index in [0.717, 1.165) is 9.87 Å². The molecule has 0 aromatic heterocycles. The van der Waals surface area contributed by atoms with Crippen molar-refractivity contribution < 1.29 is 17.9 Å². The van der Waals surface area contributed by atoms with Gasteiger partial charge in [-0.25, -0.2) is 8.42 Å². The zero-order chi connectivity index (χ0) is 23.3. The lowest BCUT2D eigenvalue weighted by Crippen LogP contribution is -2.41. The number of carbonyl (C=O) groups is 1. The summed E-state index contributed by atoms with van der Waals surface area (Å²) in [7, 11) is -0.939. The first kappa shape index (κ1) is 23.9. The minimum atomic E-state index is -4.09. The van der Waals surface area contributed by atoms with Crippen molar-refractivity contribution in [1.29, 1.82) is 0 Å². The molecule has 0 fully saturated rings. The first-order valence-corrected chi connectivity index (χ1v) is 11.8. The fraction of sp³-hybridized carbons (Fsp3) is 0.174. The van der Waals surface area contributed by atoms with Crippen LogP contribution in [0, 0.1) is 0 Å². The number of hydrogen-bond acceptors (Lipinski definition) is 4. The molecule has 0 aliphatic heterocycles. The van der Waals surface area contributed by atoms with Crippen LogP contribution >= 0.6 is 23.2 Å². The average molecular weight is 493 g/mol. The number of anilines is 1. The molecule has 168 valence electrons. The van der Waals surface area contributed by atoms with Crippen molar-refractivity contribution in [3.8, 4) is 5.75 Å². The molecule has 0 unspecified atom stereocenters. The lowest BCUT2D eigenvalue weighted by Gasteiger charge is -2.27. The third kappa shape index (κ3) is 5.18. The van der Waals surface area contributed by atoms with Gasteiger partial charge in [-0.1, -0.05) is 65.7 Å². The Balaban J connectivity index is 1.95. The number of benzene rings is 3. The standard InChI is InChI=1S/C23H22Cl2N2O4S/c1-26(15-17-9-6-7-14-21(17)31-2)22(28)16-27(20-13-8-12-19(24)23(20)25)32(29,30)18-10-4-3-5-11-18/h3-14H,15-16H2,1-2H3. The predicted octanol–water partition coefficient (Wildman–Crippen LogP) is 4.86. The second-order valence-corrected chi connectivity index (χ2v) is 9.61. The maximum Gasteiger partial charge on any atom is 0.264 e. The summed E-state index contributed by atoms with van der Waals surface area (Å²) in [6.45, 7) is -0.214. The summed E-state index contributed by atoms with van der Waals surface area (Å²) in [6, 6.07) is 19.8. The van der Waals surface area contributed by atoms with Crippen molar-refractivity contribution in [2.75, 3.05) is 25.0 Å². The number of amides is 1. The fourth-order valence-corrected chi connectivity index (χ4v) is 5.02. The van der Waals surface area contributed by atoms with Crippen LogP contribution < -0.4 is 9.04 Å². The Labute approximate surface area is 198 Å². The van der Waals surface area contributed by atoms with E-state index in [1.165, 1.54) is 23.1 Å². The van der Waals surface area contributed by atoms with Crippen molar-refractivity contribution in [1.82, 2.24) is 4.90 Å². The topological polar surface area (TPSA) is 66.9 Å². The van der Waals surface area contributed by atoms with E-state index >= 15 is 0 Å². The minimum Gasteiger partial charge on any atom is -0.496 e. The quantitative estimate of drug-likeness (QED) is 0.450. The van der Waals surface area contributed by atoms with Gasteiger partial charge in [0.15, 0.2) is 0 Å². The number of hydrogen-bond donors (Lipinski definition) is 0. The Morgan fingerprint density at radius 2 is 1.59 bits per heavy atom. The smallest absolute Gasteiger partial charge is 0.264 e. The molecule has 0 spiro atoms. The molecule has 0 aliphatic carbocycles. The Hall–Kier alpha value is -2.74. The fourth-order valence-electron chi connectivity index (χ4n) is 3.13. The summed E-state index contributed by atoms with van der Waals surface area (Å²) in [5, 5.41) is 0.237. The van der Waals surface area contributed by atoms with Gasteiger partial charge in [-0.05, 0) is 30.3 Å². The summed E-state index contributed by atoms with van der Waals surface area (Å²) in [5.74, 6) is 0.213. The number of para-hydroxylation sites is 1. The molecule has 0 atom stereocenters. The molecule has 6 nitrogen and oxygen atoms in total. The highest BCUT2D eigenvalue weighted by atomic mass is 35.5. The SMILES string of the molecule is COc1ccccc1CN(C)C(=O)CN(c1cccc(Cl)c1Cl)S(=O)(=O)c1ccccc1. The van der Waals surface area contributed by atoms with E-state index < -0.39 is 22.5 Å². The van der Waals surface area contributed by atoms with Crippen LogP contribution in [0.15, 0.2) is 77.7 Å². The highest BCUT2D eigenvalue weighted by molar-refractivity contribution is 7.92. The first-order valence-electron chi connectivity index (χ1n) is 9.63. The van der Waals surface area contributed by atoms with Crippen LogP contribution in [0.3, 0.4) is 0 Å². The molecule has 32 heavy (non-hydrogen) atoms. The third-order valence-corrected chi connectivity index (χ3v) is 7.42. The van der Waals surface area contributed by atoms with E-state index in [-0.39, 0.29) is 27.2 Å². The predicted molar refractivity (Wildman–Crippen MR) is 127 cm³/mol. The van der Waals surface area contributed by atoms with Gasteiger partial charge < -0.3 is 9.64 Å². The summed E-state index contributed by atoms with van der Waals surface area (Å²) in [5.41, 5.74) is 0.922. The molecule has 0 N–H and O–H groups in total. The Kier molecular flexibility index (Phi) is 7.66. The van der Waals surface area contributed by atoms with E-state index in [4.69, 9.17) is 27.9 Å². The van der Waals surface area contributed by atoms with Crippen molar-refractivity contribution in [2.45, 2.75) is 11.4 Å². The molecule has 0 bridgehead atoms. The van der Waals surface area contributed by atoms with Crippen molar-refractivity contribution in [2.24, 2.45) is 0 Å². The summed E-state index contributed by atoms with van der Waals surface area (Å²) in [6.07, 6.45) is 0. The van der Waals surface area contributed by atoms with Crippen LogP contribution in [0.25, 0.3) is 0 Å². The van der Waals surface area contributed by atoms with Gasteiger partial charge in [-0.15, -0.1) is 0 Å². The van der Waals surface area contributed by atoms with Crippen LogP contribution in [0.5, 0.6) is 5.75 Å². The van der Waals surface area contributed by atoms with E-state index in [9.17, 15) is 13.2 Å². The number of sulfonamides is 1. The molecule has 1 amide bonds. The van der Waals surface area contributed by atoms with E-state index in [1.807, 2.05) is 18.2 Å². The average Bonchev–Trinajstić information content (AvgIpc) is 2.80. The molecule has 0 radical (unpaired) electrons. The lowest BCUT2D eigenvalue weighted by atomic mass is 10.2. The van der Waals surface area contributed by atoms with Gasteiger partial charge >= 0.3 is 0 Å². The van der Waals surface area contributed by atoms with E-state index in [0.29, 0.717) is 5.75 Å². The molecule has 0 heterocycles. The minimum absolute atomic E-state index is 0.0382. The molecule has 0 aliphatic rings. The Morgan fingerprint density at radius 1 is 0.938 bits per heavy atom. The summed E-state index contributed by atoms with van der Waals surface area (Å²) >= 11 is 12.5. The molecule has 3 aromatic rings. The van der Waals surface area contributed by atoms with E-state index in [2.05, 4.69) is 0 Å². The zero-order valence-electron chi connectivity index (χ0n) is 17.5. The zero-order valence-corrected chi connectivity index (χ0v) is 19.9. The van der Waals surface area contributed by atoms with E-state index in [1.54, 1.807) is 50.6 Å². The number of nitrogens with zero attached hydrogens (tertiary/aromatic N) is 2. The molecule has 9 heteroatoms. The van der Waals surface area contributed by atoms with Crippen molar-refractivity contribution in [3.63, 3.8) is 0 Å². The highest BCUT2D eigenvalue weighted by Gasteiger charge is 2.30. The van der Waals surface area contributed by atoms with Gasteiger partial charge in [0, 0.05) is 19.2 Å². The second-order valence-electron chi connectivity index (χ2n) is 6.96. The van der Waals surface area contributed by atoms with Crippen LogP contribution in [0.4, 0.5) is 5.69 Å². The summed E-state index contributed by atoms with van der Waals surface area (Å²) < 4.78 is 33.2. The summed E-state index contributed by atoms with van der Waals surface area (Å²) in [4.78, 5) is 14.6. The number of methoxy groups -OCH3 is 1. The Morgan fingerprint density at radius 3 is 2.28 bits per heavy atom. The molecular weight excluding hydrogens is 471 g/mol. The molecule has 0 saturated carbocycles. The maximum atomic E-state index is 13.4. The van der Waals surface area contributed by atoms with Crippen molar-refractivity contribution >= 4 is 44.8 Å². The normalized spacial score (nSPS) is 11.1. The van der Waals surface area contributed by atoms with Gasteiger partial charge in [0.1, 0.15) is 12.3 Å². The Bertz CT molecular complexity index is 1200. The maximum absolute atomic E-state index is 13.4. The molecule has 3 rings (SSSR count). The van der Waals surface area contributed by atoms with Gasteiger partial charge in [0.05, 0.1) is 27.7 Å². The third-order valence-electron chi connectivity index (χ3n) is 4.84. The van der Waals surface area contributed by atoms with Gasteiger partial charge in [-0.3, -0.25) is 9.10 Å². The van der Waals surface area contributed by atoms with Gasteiger partial charge in [0.2, 0.25) is 5.91 Å². The largest absolute Gasteiger partial charge is 0.496 e. The number of likely N-dealkylation sites (N-methyl/N-ethyl adjacent to an activating group) is 1. The monoisotopic (exact) mass is 492 g/mol. The first-order chi connectivity index (χ1) is 15.3. The number of carbonyl (C=O) groups excluding carboxylic acids is 1. The molecule has 3 aromatic carbocycles. The van der Waals surface area contributed by atoms with Gasteiger partial charge in [0.25, 0.3) is 10.0 Å². The molecule has 0 saturated heterocycles. The van der Waals surface area contributed by atoms with Gasteiger partial charge in [-0.2, -0.15) is 0 Å². The van der Waals surface area contributed by atoms with Crippen LogP contribution in [0.2, 0.25) is 10.0 Å². The lowest BCUT2D eigenvalue weighted by molar-refractivity contribution is -0.128. The van der Waals surface area contributed by atoms with Crippen molar-refractivity contribution in [3.05, 3.63) is 88.4 Å². The number of ether oxygens (including phenoxy) is 1. The van der Waals surface area contributed by atoms with Crippen LogP contribution in [-0.4, -0.2) is 39.9 Å². The van der Waals surface area contributed by atoms with Crippen LogP contribution in [0.1, 0.15) is 5.56 Å². The van der Waals surface area contributed by atoms with Crippen LogP contribution in [-0.2, 0) is 21.4 Å².